The first-order chi connectivity index (χ1) is 10.8. The van der Waals surface area contributed by atoms with E-state index in [2.05, 4.69) is 5.32 Å². The summed E-state index contributed by atoms with van der Waals surface area (Å²) >= 11 is 0. The lowest BCUT2D eigenvalue weighted by Crippen LogP contribution is -2.28. The second-order valence-electron chi connectivity index (χ2n) is 4.86. The van der Waals surface area contributed by atoms with Gasteiger partial charge in [-0.2, -0.15) is 13.5 Å². The number of benzene rings is 1. The molecule has 2 aromatic rings. The largest absolute Gasteiger partial charge is 0.397 e. The molecule has 0 saturated heterocycles. The zero-order valence-corrected chi connectivity index (χ0v) is 12.5. The van der Waals surface area contributed by atoms with Gasteiger partial charge in [-0.3, -0.25) is 0 Å². The standard InChI is InChI=1S/C13H16F3N5O2/c1-3-4-18-9-6-10(7(14)5-8(9)17)20-12(22)19(2)21(11(15)16)13(20)23/h5-6,11,18H,3-4,17H2,1-2H3. The first-order valence-corrected chi connectivity index (χ1v) is 6.81. The van der Waals surface area contributed by atoms with Gasteiger partial charge in [-0.05, 0) is 12.5 Å². The maximum atomic E-state index is 14.1. The maximum Gasteiger partial charge on any atom is 0.356 e. The van der Waals surface area contributed by atoms with E-state index in [0.29, 0.717) is 21.5 Å². The number of nitrogens with two attached hydrogens (primary N) is 1. The van der Waals surface area contributed by atoms with Crippen LogP contribution in [0.25, 0.3) is 5.69 Å². The number of hydrogen-bond acceptors (Lipinski definition) is 4. The van der Waals surface area contributed by atoms with Crippen LogP contribution in [0.4, 0.5) is 24.5 Å². The quantitative estimate of drug-likeness (QED) is 0.808. The van der Waals surface area contributed by atoms with Crippen molar-refractivity contribution in [2.45, 2.75) is 19.9 Å². The van der Waals surface area contributed by atoms with Crippen molar-refractivity contribution in [2.24, 2.45) is 7.05 Å². The third-order valence-electron chi connectivity index (χ3n) is 3.29. The van der Waals surface area contributed by atoms with Crippen LogP contribution in [-0.4, -0.2) is 20.5 Å². The lowest BCUT2D eigenvalue weighted by Gasteiger charge is -2.11. The van der Waals surface area contributed by atoms with E-state index >= 15 is 0 Å². The third-order valence-corrected chi connectivity index (χ3v) is 3.29. The molecule has 7 nitrogen and oxygen atoms in total. The van der Waals surface area contributed by atoms with Crippen molar-refractivity contribution in [1.29, 1.82) is 0 Å². The number of aromatic nitrogens is 3. The van der Waals surface area contributed by atoms with Gasteiger partial charge >= 0.3 is 17.9 Å². The summed E-state index contributed by atoms with van der Waals surface area (Å²) in [5, 5.41) is 2.91. The predicted molar refractivity (Wildman–Crippen MR) is 79.7 cm³/mol. The van der Waals surface area contributed by atoms with E-state index in [1.807, 2.05) is 6.92 Å². The smallest absolute Gasteiger partial charge is 0.356 e. The number of hydrogen-bond donors (Lipinski definition) is 2. The minimum atomic E-state index is -3.23. The number of rotatable bonds is 5. The summed E-state index contributed by atoms with van der Waals surface area (Å²) in [6, 6.07) is 2.08. The van der Waals surface area contributed by atoms with Crippen molar-refractivity contribution in [2.75, 3.05) is 17.6 Å². The van der Waals surface area contributed by atoms with Gasteiger partial charge in [0.05, 0.1) is 17.1 Å². The van der Waals surface area contributed by atoms with Gasteiger partial charge < -0.3 is 11.1 Å². The molecule has 126 valence electrons. The summed E-state index contributed by atoms with van der Waals surface area (Å²) in [7, 11) is 0.998. The third kappa shape index (κ3) is 2.83. The number of alkyl halides is 2. The van der Waals surface area contributed by atoms with Crippen molar-refractivity contribution >= 4 is 11.4 Å². The molecule has 0 saturated carbocycles. The Morgan fingerprint density at radius 2 is 1.91 bits per heavy atom. The van der Waals surface area contributed by atoms with Crippen molar-refractivity contribution in [3.8, 4) is 5.69 Å². The minimum absolute atomic E-state index is 0.0583. The zero-order valence-electron chi connectivity index (χ0n) is 12.5. The van der Waals surface area contributed by atoms with Gasteiger partial charge in [0, 0.05) is 19.7 Å². The van der Waals surface area contributed by atoms with Crippen molar-refractivity contribution in [3.63, 3.8) is 0 Å². The fourth-order valence-corrected chi connectivity index (χ4v) is 2.13. The molecule has 0 radical (unpaired) electrons. The molecule has 0 unspecified atom stereocenters. The molecule has 0 aliphatic carbocycles. The molecule has 2 rings (SSSR count). The average Bonchev–Trinajstić information content (AvgIpc) is 2.69. The van der Waals surface area contributed by atoms with Crippen molar-refractivity contribution in [1.82, 2.24) is 13.9 Å². The molecule has 0 spiro atoms. The molecule has 10 heteroatoms. The van der Waals surface area contributed by atoms with E-state index in [4.69, 9.17) is 5.73 Å². The van der Waals surface area contributed by atoms with E-state index in [9.17, 15) is 22.8 Å². The van der Waals surface area contributed by atoms with Gasteiger partial charge in [0.2, 0.25) is 0 Å². The molecular weight excluding hydrogens is 315 g/mol. The van der Waals surface area contributed by atoms with Gasteiger partial charge in [0.25, 0.3) is 0 Å². The lowest BCUT2D eigenvalue weighted by molar-refractivity contribution is 0.0402. The first-order valence-electron chi connectivity index (χ1n) is 6.81. The number of nitrogens with one attached hydrogen (secondary N) is 1. The molecule has 3 N–H and O–H groups in total. The van der Waals surface area contributed by atoms with Gasteiger partial charge in [-0.15, -0.1) is 0 Å². The second kappa shape index (κ2) is 6.23. The highest BCUT2D eigenvalue weighted by molar-refractivity contribution is 5.69. The summed E-state index contributed by atoms with van der Waals surface area (Å²) in [6.45, 7) is -0.799. The molecule has 0 bridgehead atoms. The summed E-state index contributed by atoms with van der Waals surface area (Å²) in [5.74, 6) is -0.962. The van der Waals surface area contributed by atoms with Gasteiger partial charge in [-0.25, -0.2) is 23.2 Å². The van der Waals surface area contributed by atoms with Gasteiger partial charge in [-0.1, -0.05) is 6.92 Å². The van der Waals surface area contributed by atoms with Crippen molar-refractivity contribution < 1.29 is 13.2 Å². The second-order valence-corrected chi connectivity index (χ2v) is 4.86. The molecule has 0 amide bonds. The Bertz CT molecular complexity index is 837. The van der Waals surface area contributed by atoms with Gasteiger partial charge in [0.15, 0.2) is 0 Å². The number of anilines is 2. The summed E-state index contributed by atoms with van der Waals surface area (Å²) in [5.41, 5.74) is 3.20. The normalized spacial score (nSPS) is 11.2. The van der Waals surface area contributed by atoms with Crippen LogP contribution in [0.2, 0.25) is 0 Å². The molecule has 0 aliphatic rings. The van der Waals surface area contributed by atoms with E-state index in [1.165, 1.54) is 0 Å². The van der Waals surface area contributed by atoms with E-state index < -0.39 is 29.4 Å². The maximum absolute atomic E-state index is 14.1. The fraction of sp³-hybridized carbons (Fsp3) is 0.385. The van der Waals surface area contributed by atoms with Crippen LogP contribution in [0.3, 0.4) is 0 Å². The highest BCUT2D eigenvalue weighted by Gasteiger charge is 2.23. The molecule has 0 fully saturated rings. The molecule has 0 atom stereocenters. The van der Waals surface area contributed by atoms with E-state index in [1.54, 1.807) is 0 Å². The van der Waals surface area contributed by atoms with Crippen LogP contribution in [0.5, 0.6) is 0 Å². The summed E-state index contributed by atoms with van der Waals surface area (Å²) in [4.78, 5) is 24.1. The zero-order chi connectivity index (χ0) is 17.3. The molecule has 0 aliphatic heterocycles. The van der Waals surface area contributed by atoms with Crippen molar-refractivity contribution in [3.05, 3.63) is 38.9 Å². The molecular formula is C13H16F3N5O2. The Balaban J connectivity index is 2.70. The Morgan fingerprint density at radius 1 is 1.26 bits per heavy atom. The molecule has 1 heterocycles. The lowest BCUT2D eigenvalue weighted by atomic mass is 10.2. The number of nitrogens with zero attached hydrogens (tertiary/aromatic N) is 3. The summed E-state index contributed by atoms with van der Waals surface area (Å²) < 4.78 is 40.6. The van der Waals surface area contributed by atoms with Gasteiger partial charge in [0.1, 0.15) is 5.82 Å². The van der Waals surface area contributed by atoms with Crippen LogP contribution in [-0.2, 0) is 7.05 Å². The molecule has 1 aromatic carbocycles. The number of nitrogen functional groups attached to an aromatic ring is 1. The van der Waals surface area contributed by atoms with E-state index in [0.717, 1.165) is 25.6 Å². The van der Waals surface area contributed by atoms with Crippen LogP contribution in [0, 0.1) is 5.82 Å². The highest BCUT2D eigenvalue weighted by Crippen LogP contribution is 2.24. The van der Waals surface area contributed by atoms with Crippen LogP contribution in [0.15, 0.2) is 21.7 Å². The van der Waals surface area contributed by atoms with Crippen LogP contribution >= 0.6 is 0 Å². The van der Waals surface area contributed by atoms with E-state index in [-0.39, 0.29) is 10.4 Å². The number of halogens is 3. The average molecular weight is 331 g/mol. The fourth-order valence-electron chi connectivity index (χ4n) is 2.13. The Labute approximate surface area is 128 Å². The highest BCUT2D eigenvalue weighted by atomic mass is 19.3. The molecule has 1 aromatic heterocycles. The summed E-state index contributed by atoms with van der Waals surface area (Å²) in [6.07, 6.45) is 0.760. The Hall–Kier alpha value is -2.65. The topological polar surface area (TPSA) is 87.0 Å². The molecule has 23 heavy (non-hydrogen) atoms. The predicted octanol–water partition coefficient (Wildman–Crippen LogP) is 1.28. The Morgan fingerprint density at radius 3 is 2.43 bits per heavy atom. The van der Waals surface area contributed by atoms with Crippen LogP contribution in [0.1, 0.15) is 19.9 Å². The SMILES string of the molecule is CCCNc1cc(-n2c(=O)n(C)n(C(F)F)c2=O)c(F)cc1N. The first kappa shape index (κ1) is 16.7. The Kier molecular flexibility index (Phi) is 4.52. The van der Waals surface area contributed by atoms with Crippen LogP contribution < -0.4 is 22.4 Å². The minimum Gasteiger partial charge on any atom is -0.397 e. The monoisotopic (exact) mass is 331 g/mol.